The molecule has 2 N–H and O–H groups in total. The molecule has 5 rings (SSSR count). The number of halogens is 6. The minimum absolute atomic E-state index is 0.00181. The summed E-state index contributed by atoms with van der Waals surface area (Å²) in [6.45, 7) is 4.90. The lowest BCUT2D eigenvalue weighted by Crippen LogP contribution is -2.54. The minimum atomic E-state index is -4.87. The maximum atomic E-state index is 15.5. The summed E-state index contributed by atoms with van der Waals surface area (Å²) >= 11 is 12.9. The highest BCUT2D eigenvalue weighted by Crippen LogP contribution is 2.42. The Morgan fingerprint density at radius 1 is 1.15 bits per heavy atom. The van der Waals surface area contributed by atoms with Gasteiger partial charge in [0, 0.05) is 49.0 Å². The lowest BCUT2D eigenvalue weighted by atomic mass is 10.1. The lowest BCUT2D eigenvalue weighted by molar-refractivity contribution is -0.274. The SMILES string of the molecule is C[C@@H]1CN(c2c(F)cc3c(=O)c(C(=O)NCc4ccc(OC(F)(F)F)cc4Cl)cn(C4CC4)c3c2Cl)C[C@H](C)N1. The predicted octanol–water partition coefficient (Wildman–Crippen LogP) is 5.80. The highest BCUT2D eigenvalue weighted by atomic mass is 35.5. The van der Waals surface area contributed by atoms with E-state index in [1.54, 1.807) is 4.57 Å². The second kappa shape index (κ2) is 10.8. The molecule has 214 valence electrons. The van der Waals surface area contributed by atoms with Crippen LogP contribution in [0.2, 0.25) is 10.0 Å². The van der Waals surface area contributed by atoms with E-state index in [1.807, 2.05) is 18.7 Å². The van der Waals surface area contributed by atoms with Crippen LogP contribution in [0.15, 0.2) is 35.3 Å². The van der Waals surface area contributed by atoms with Gasteiger partial charge in [0.1, 0.15) is 17.1 Å². The van der Waals surface area contributed by atoms with E-state index in [9.17, 15) is 22.8 Å². The summed E-state index contributed by atoms with van der Waals surface area (Å²) in [5.74, 6) is -1.89. The quantitative estimate of drug-likeness (QED) is 0.350. The zero-order chi connectivity index (χ0) is 28.9. The van der Waals surface area contributed by atoms with Gasteiger partial charge in [0.15, 0.2) is 0 Å². The Morgan fingerprint density at radius 3 is 2.42 bits per heavy atom. The molecule has 2 fully saturated rings. The standard InChI is InChI=1S/C27H26Cl2F4N4O3/c1-13-10-36(11-14(2)35-13)24-21(30)8-18-23(22(24)29)37(16-4-5-16)12-19(25(18)38)26(39)34-9-15-3-6-17(7-20(15)28)40-27(31,32)33/h3,6-8,12-14,16,35H,4-5,9-11H2,1-2H3,(H,34,39)/t13-,14+. The third-order valence-corrected chi connectivity index (χ3v) is 7.65. The average molecular weight is 601 g/mol. The van der Waals surface area contributed by atoms with Crippen LogP contribution >= 0.6 is 23.2 Å². The number of ether oxygens (including phenoxy) is 1. The molecule has 0 radical (unpaired) electrons. The monoisotopic (exact) mass is 600 g/mol. The smallest absolute Gasteiger partial charge is 0.406 e. The van der Waals surface area contributed by atoms with Gasteiger partial charge >= 0.3 is 6.36 Å². The molecule has 1 aliphatic heterocycles. The Hall–Kier alpha value is -3.02. The number of alkyl halides is 3. The molecule has 3 aromatic rings. The van der Waals surface area contributed by atoms with Crippen LogP contribution in [0.3, 0.4) is 0 Å². The number of carbonyl (C=O) groups is 1. The second-order valence-corrected chi connectivity index (χ2v) is 11.1. The third-order valence-electron chi connectivity index (χ3n) is 6.94. The average Bonchev–Trinajstić information content (AvgIpc) is 3.68. The van der Waals surface area contributed by atoms with E-state index >= 15 is 4.39 Å². The number of piperazine rings is 1. The van der Waals surface area contributed by atoms with Crippen LogP contribution in [0.4, 0.5) is 23.2 Å². The van der Waals surface area contributed by atoms with Crippen molar-refractivity contribution >= 4 is 45.7 Å². The van der Waals surface area contributed by atoms with Crippen molar-refractivity contribution in [2.75, 3.05) is 18.0 Å². The third kappa shape index (κ3) is 5.87. The molecule has 0 bridgehead atoms. The summed E-state index contributed by atoms with van der Waals surface area (Å²) in [6.07, 6.45) is -1.81. The number of anilines is 1. The normalized spacial score (nSPS) is 19.6. The number of amides is 1. The zero-order valence-electron chi connectivity index (χ0n) is 21.5. The number of hydrogen-bond donors (Lipinski definition) is 2. The molecule has 2 heterocycles. The Balaban J connectivity index is 1.47. The van der Waals surface area contributed by atoms with Gasteiger partial charge in [-0.15, -0.1) is 13.2 Å². The molecule has 13 heteroatoms. The molecule has 1 saturated carbocycles. The summed E-state index contributed by atoms with van der Waals surface area (Å²) in [6, 6.07) is 4.68. The second-order valence-electron chi connectivity index (χ2n) is 10.3. The highest BCUT2D eigenvalue weighted by Gasteiger charge is 2.33. The van der Waals surface area contributed by atoms with E-state index in [0.29, 0.717) is 24.2 Å². The largest absolute Gasteiger partial charge is 0.573 e. The van der Waals surface area contributed by atoms with Crippen molar-refractivity contribution in [3.63, 3.8) is 0 Å². The summed E-state index contributed by atoms with van der Waals surface area (Å²) in [5.41, 5.74) is 0.0299. The number of hydrogen-bond acceptors (Lipinski definition) is 5. The Morgan fingerprint density at radius 2 is 1.82 bits per heavy atom. The molecular weight excluding hydrogens is 575 g/mol. The van der Waals surface area contributed by atoms with Crippen molar-refractivity contribution in [2.24, 2.45) is 0 Å². The molecule has 1 aliphatic carbocycles. The molecule has 0 unspecified atom stereocenters. The van der Waals surface area contributed by atoms with Gasteiger partial charge in [-0.1, -0.05) is 29.3 Å². The maximum Gasteiger partial charge on any atom is 0.573 e. The Bertz CT molecular complexity index is 1530. The van der Waals surface area contributed by atoms with Gasteiger partial charge in [-0.2, -0.15) is 0 Å². The summed E-state index contributed by atoms with van der Waals surface area (Å²) in [7, 11) is 0. The topological polar surface area (TPSA) is 75.6 Å². The molecule has 1 saturated heterocycles. The van der Waals surface area contributed by atoms with Crippen molar-refractivity contribution in [3.8, 4) is 5.75 Å². The van der Waals surface area contributed by atoms with Gasteiger partial charge < -0.3 is 24.8 Å². The van der Waals surface area contributed by atoms with Gasteiger partial charge in [0.2, 0.25) is 5.43 Å². The van der Waals surface area contributed by atoms with E-state index < -0.39 is 29.3 Å². The van der Waals surface area contributed by atoms with E-state index in [4.69, 9.17) is 23.2 Å². The van der Waals surface area contributed by atoms with Crippen molar-refractivity contribution < 1.29 is 27.1 Å². The molecule has 7 nitrogen and oxygen atoms in total. The summed E-state index contributed by atoms with van der Waals surface area (Å²) < 4.78 is 58.5. The number of carbonyl (C=O) groups excluding carboxylic acids is 1. The minimum Gasteiger partial charge on any atom is -0.406 e. The molecular formula is C27H26Cl2F4N4O3. The summed E-state index contributed by atoms with van der Waals surface area (Å²) in [4.78, 5) is 28.4. The number of benzene rings is 2. The number of nitrogens with zero attached hydrogens (tertiary/aromatic N) is 2. The van der Waals surface area contributed by atoms with Crippen molar-refractivity contribution in [3.05, 3.63) is 67.7 Å². The first-order valence-electron chi connectivity index (χ1n) is 12.7. The zero-order valence-corrected chi connectivity index (χ0v) is 23.1. The van der Waals surface area contributed by atoms with Crippen LogP contribution < -0.4 is 25.7 Å². The molecule has 40 heavy (non-hydrogen) atoms. The van der Waals surface area contributed by atoms with Crippen molar-refractivity contribution in [2.45, 2.75) is 57.7 Å². The van der Waals surface area contributed by atoms with Crippen LogP contribution in [-0.2, 0) is 6.54 Å². The van der Waals surface area contributed by atoms with E-state index in [1.165, 1.54) is 12.3 Å². The van der Waals surface area contributed by atoms with Crippen molar-refractivity contribution in [1.29, 1.82) is 0 Å². The first kappa shape index (κ1) is 28.5. The number of pyridine rings is 1. The van der Waals surface area contributed by atoms with Crippen LogP contribution in [-0.4, -0.2) is 42.0 Å². The molecule has 1 aromatic heterocycles. The predicted molar refractivity (Wildman–Crippen MR) is 145 cm³/mol. The van der Waals surface area contributed by atoms with Crippen LogP contribution in [0.1, 0.15) is 48.7 Å². The highest BCUT2D eigenvalue weighted by molar-refractivity contribution is 6.38. The maximum absolute atomic E-state index is 15.5. The molecule has 2 atom stereocenters. The fourth-order valence-electron chi connectivity index (χ4n) is 5.17. The van der Waals surface area contributed by atoms with Crippen LogP contribution in [0.5, 0.6) is 5.75 Å². The van der Waals surface area contributed by atoms with E-state index in [0.717, 1.165) is 31.0 Å². The Labute approximate surface area is 237 Å². The number of aromatic nitrogens is 1. The summed E-state index contributed by atoms with van der Waals surface area (Å²) in [5, 5.41) is 6.03. The number of rotatable bonds is 6. The van der Waals surface area contributed by atoms with Gasteiger partial charge in [-0.3, -0.25) is 9.59 Å². The molecule has 1 amide bonds. The van der Waals surface area contributed by atoms with Gasteiger partial charge in [0.25, 0.3) is 5.91 Å². The van der Waals surface area contributed by atoms with Gasteiger partial charge in [-0.25, -0.2) is 4.39 Å². The van der Waals surface area contributed by atoms with Gasteiger partial charge in [0.05, 0.1) is 21.6 Å². The fourth-order valence-corrected chi connectivity index (χ4v) is 5.82. The van der Waals surface area contributed by atoms with E-state index in [2.05, 4.69) is 15.4 Å². The Kier molecular flexibility index (Phi) is 7.66. The van der Waals surface area contributed by atoms with E-state index in [-0.39, 0.29) is 51.4 Å². The first-order chi connectivity index (χ1) is 18.8. The molecule has 2 aromatic carbocycles. The number of nitrogens with one attached hydrogen (secondary N) is 2. The van der Waals surface area contributed by atoms with Crippen LogP contribution in [0.25, 0.3) is 10.9 Å². The van der Waals surface area contributed by atoms with Crippen LogP contribution in [0, 0.1) is 5.82 Å². The molecule has 2 aliphatic rings. The molecule has 0 spiro atoms. The van der Waals surface area contributed by atoms with Crippen molar-refractivity contribution in [1.82, 2.24) is 15.2 Å². The van der Waals surface area contributed by atoms with Gasteiger partial charge in [-0.05, 0) is 50.5 Å². The first-order valence-corrected chi connectivity index (χ1v) is 13.5. The number of fused-ring (bicyclic) bond motifs is 1. The lowest BCUT2D eigenvalue weighted by Gasteiger charge is -2.38. The fraction of sp³-hybridized carbons (Fsp3) is 0.407.